The molecule has 33 heavy (non-hydrogen) atoms. The van der Waals surface area contributed by atoms with E-state index in [9.17, 15) is 13.2 Å². The largest absolute Gasteiger partial charge is 0.342 e. The van der Waals surface area contributed by atoms with Crippen molar-refractivity contribution in [3.05, 3.63) is 24.3 Å². The summed E-state index contributed by atoms with van der Waals surface area (Å²) in [6, 6.07) is 6.89. The first-order chi connectivity index (χ1) is 15.8. The van der Waals surface area contributed by atoms with Gasteiger partial charge in [0.25, 0.3) is 0 Å². The molecule has 0 radical (unpaired) electrons. The normalized spacial score (nSPS) is 14.9. The van der Waals surface area contributed by atoms with Crippen molar-refractivity contribution in [3.63, 3.8) is 0 Å². The van der Waals surface area contributed by atoms with Crippen molar-refractivity contribution >= 4 is 27.7 Å². The van der Waals surface area contributed by atoms with Crippen molar-refractivity contribution in [3.8, 4) is 11.4 Å². The van der Waals surface area contributed by atoms with Gasteiger partial charge in [-0.15, -0.1) is 10.2 Å². The van der Waals surface area contributed by atoms with Crippen LogP contribution in [0.5, 0.6) is 0 Å². The topological polar surface area (TPSA) is 88.4 Å². The third-order valence-electron chi connectivity index (χ3n) is 5.73. The second-order valence-corrected chi connectivity index (χ2v) is 11.5. The minimum atomic E-state index is -3.57. The maximum atomic E-state index is 13.0. The van der Waals surface area contributed by atoms with Crippen LogP contribution in [0.4, 0.5) is 0 Å². The first-order valence-electron chi connectivity index (χ1n) is 11.7. The van der Waals surface area contributed by atoms with Crippen LogP contribution in [0.25, 0.3) is 11.4 Å². The molecule has 1 amide bonds. The monoisotopic (exact) mass is 493 g/mol. The van der Waals surface area contributed by atoms with Crippen molar-refractivity contribution in [1.29, 1.82) is 0 Å². The van der Waals surface area contributed by atoms with Crippen molar-refractivity contribution in [1.82, 2.24) is 24.0 Å². The van der Waals surface area contributed by atoms with Crippen LogP contribution in [0.2, 0.25) is 0 Å². The van der Waals surface area contributed by atoms with Gasteiger partial charge in [-0.3, -0.25) is 4.79 Å². The van der Waals surface area contributed by atoms with E-state index in [2.05, 4.69) is 24.0 Å². The van der Waals surface area contributed by atoms with Gasteiger partial charge >= 0.3 is 0 Å². The summed E-state index contributed by atoms with van der Waals surface area (Å²) in [7, 11) is -3.57. The van der Waals surface area contributed by atoms with Gasteiger partial charge in [0.2, 0.25) is 15.9 Å². The molecule has 1 aromatic heterocycles. The van der Waals surface area contributed by atoms with Crippen LogP contribution in [-0.4, -0.2) is 70.2 Å². The third kappa shape index (κ3) is 6.16. The molecule has 2 heterocycles. The zero-order valence-electron chi connectivity index (χ0n) is 20.0. The number of thioether (sulfide) groups is 1. The molecule has 1 aliphatic rings. The Morgan fingerprint density at radius 3 is 2.45 bits per heavy atom. The molecule has 0 unspecified atom stereocenters. The number of hydrogen-bond donors (Lipinski definition) is 0. The lowest BCUT2D eigenvalue weighted by atomic mass is 10.1. The molecule has 1 aliphatic heterocycles. The van der Waals surface area contributed by atoms with Crippen LogP contribution in [-0.2, 0) is 21.4 Å². The Kier molecular flexibility index (Phi) is 8.95. The minimum absolute atomic E-state index is 0.132. The molecule has 2 aromatic rings. The van der Waals surface area contributed by atoms with Gasteiger partial charge in [0.15, 0.2) is 11.0 Å². The molecule has 10 heteroatoms. The molecule has 0 N–H and O–H groups in total. The first-order valence-corrected chi connectivity index (χ1v) is 14.1. The Bertz CT molecular complexity index is 1040. The van der Waals surface area contributed by atoms with Crippen LogP contribution in [0.15, 0.2) is 34.3 Å². The average Bonchev–Trinajstić information content (AvgIpc) is 3.20. The summed E-state index contributed by atoms with van der Waals surface area (Å²) in [5.74, 6) is 1.41. The fourth-order valence-electron chi connectivity index (χ4n) is 4.01. The van der Waals surface area contributed by atoms with Gasteiger partial charge in [-0.05, 0) is 37.3 Å². The molecular weight excluding hydrogens is 458 g/mol. The highest BCUT2D eigenvalue weighted by Gasteiger charge is 2.24. The summed E-state index contributed by atoms with van der Waals surface area (Å²) in [5.41, 5.74) is 0.700. The summed E-state index contributed by atoms with van der Waals surface area (Å²) >= 11 is 1.40. The zero-order chi connectivity index (χ0) is 24.0. The van der Waals surface area contributed by atoms with Gasteiger partial charge in [-0.2, -0.15) is 4.31 Å². The third-order valence-corrected chi connectivity index (χ3v) is 8.73. The van der Waals surface area contributed by atoms with Gasteiger partial charge < -0.3 is 9.47 Å². The molecule has 182 valence electrons. The molecule has 1 aromatic carbocycles. The highest BCUT2D eigenvalue weighted by Crippen LogP contribution is 2.28. The Balaban J connectivity index is 1.87. The number of hydrogen-bond acceptors (Lipinski definition) is 6. The highest BCUT2D eigenvalue weighted by molar-refractivity contribution is 7.99. The van der Waals surface area contributed by atoms with E-state index < -0.39 is 10.0 Å². The molecule has 0 atom stereocenters. The highest BCUT2D eigenvalue weighted by atomic mass is 32.2. The number of nitrogens with zero attached hydrogens (tertiary/aromatic N) is 5. The maximum absolute atomic E-state index is 13.0. The van der Waals surface area contributed by atoms with Crippen LogP contribution < -0.4 is 0 Å². The smallest absolute Gasteiger partial charge is 0.243 e. The lowest BCUT2D eigenvalue weighted by molar-refractivity contribution is -0.129. The fourth-order valence-corrected chi connectivity index (χ4v) is 6.36. The van der Waals surface area contributed by atoms with E-state index in [1.165, 1.54) is 22.5 Å². The van der Waals surface area contributed by atoms with Crippen LogP contribution >= 0.6 is 11.8 Å². The summed E-state index contributed by atoms with van der Waals surface area (Å²) in [6.45, 7) is 11.1. The molecule has 8 nitrogen and oxygen atoms in total. The SMILES string of the molecule is CCN(CC)S(=O)(=O)c1cccc(-c2nnc(SCC(=O)N3CCCCC3)n2CC(C)C)c1. The van der Waals surface area contributed by atoms with E-state index in [0.717, 1.165) is 25.9 Å². The predicted molar refractivity (Wildman–Crippen MR) is 132 cm³/mol. The lowest BCUT2D eigenvalue weighted by Crippen LogP contribution is -2.36. The number of amides is 1. The molecule has 3 rings (SSSR count). The second kappa shape index (κ2) is 11.5. The number of rotatable bonds is 10. The van der Waals surface area contributed by atoms with E-state index in [0.29, 0.717) is 47.8 Å². The van der Waals surface area contributed by atoms with E-state index >= 15 is 0 Å². The van der Waals surface area contributed by atoms with Crippen LogP contribution in [0.3, 0.4) is 0 Å². The lowest BCUT2D eigenvalue weighted by Gasteiger charge is -2.26. The summed E-state index contributed by atoms with van der Waals surface area (Å²) < 4.78 is 29.5. The minimum Gasteiger partial charge on any atom is -0.342 e. The summed E-state index contributed by atoms with van der Waals surface area (Å²) in [6.07, 6.45) is 3.32. The predicted octanol–water partition coefficient (Wildman–Crippen LogP) is 3.74. The van der Waals surface area contributed by atoms with Crippen molar-refractivity contribution < 1.29 is 13.2 Å². The van der Waals surface area contributed by atoms with Gasteiger partial charge in [0.1, 0.15) is 0 Å². The van der Waals surface area contributed by atoms with Crippen molar-refractivity contribution in [2.75, 3.05) is 31.9 Å². The van der Waals surface area contributed by atoms with Crippen molar-refractivity contribution in [2.45, 2.75) is 63.6 Å². The van der Waals surface area contributed by atoms with E-state index in [1.807, 2.05) is 29.4 Å². The number of likely N-dealkylation sites (tertiary alicyclic amines) is 1. The molecule has 0 spiro atoms. The Hall–Kier alpha value is -1.91. The number of carbonyl (C=O) groups is 1. The summed E-state index contributed by atoms with van der Waals surface area (Å²) in [4.78, 5) is 14.8. The second-order valence-electron chi connectivity index (χ2n) is 8.66. The number of piperidine rings is 1. The Labute approximate surface area is 201 Å². The molecule has 1 fully saturated rings. The Morgan fingerprint density at radius 2 is 1.82 bits per heavy atom. The van der Waals surface area contributed by atoms with Gasteiger partial charge in [0, 0.05) is 38.3 Å². The van der Waals surface area contributed by atoms with E-state index in [-0.39, 0.29) is 10.8 Å². The zero-order valence-corrected chi connectivity index (χ0v) is 21.7. The van der Waals surface area contributed by atoms with Gasteiger partial charge in [-0.1, -0.05) is 51.6 Å². The first kappa shape index (κ1) is 25.7. The maximum Gasteiger partial charge on any atom is 0.243 e. The number of benzene rings is 1. The fraction of sp³-hybridized carbons (Fsp3) is 0.609. The number of carbonyl (C=O) groups excluding carboxylic acids is 1. The number of sulfonamides is 1. The average molecular weight is 494 g/mol. The van der Waals surface area contributed by atoms with Gasteiger partial charge in [-0.25, -0.2) is 8.42 Å². The molecule has 0 saturated carbocycles. The quantitative estimate of drug-likeness (QED) is 0.469. The molecule has 1 saturated heterocycles. The van der Waals surface area contributed by atoms with Crippen molar-refractivity contribution in [2.24, 2.45) is 5.92 Å². The van der Waals surface area contributed by atoms with E-state index in [1.54, 1.807) is 18.2 Å². The van der Waals surface area contributed by atoms with Crippen LogP contribution in [0.1, 0.15) is 47.0 Å². The van der Waals surface area contributed by atoms with Gasteiger partial charge in [0.05, 0.1) is 10.6 Å². The molecular formula is C23H35N5O3S2. The standard InChI is InChI=1S/C23H35N5O3S2/c1-5-27(6-2)33(30,31)20-12-10-11-19(15-20)22-24-25-23(28(22)16-18(3)4)32-17-21(29)26-13-8-7-9-14-26/h10-12,15,18H,5-9,13-14,16-17H2,1-4H3. The molecule has 0 aliphatic carbocycles. The summed E-state index contributed by atoms with van der Waals surface area (Å²) in [5, 5.41) is 9.45. The van der Waals surface area contributed by atoms with E-state index in [4.69, 9.17) is 0 Å². The Morgan fingerprint density at radius 1 is 1.12 bits per heavy atom. The number of aromatic nitrogens is 3. The van der Waals surface area contributed by atoms with Crippen LogP contribution in [0, 0.1) is 5.92 Å². The molecule has 0 bridgehead atoms.